The van der Waals surface area contributed by atoms with Gasteiger partial charge in [-0.05, 0) is 103 Å². The lowest BCUT2D eigenvalue weighted by Gasteiger charge is -2.38. The molecule has 47 heavy (non-hydrogen) atoms. The van der Waals surface area contributed by atoms with Crippen molar-refractivity contribution in [1.82, 2.24) is 19.9 Å². The molecular formula is C42H50N4Si. The normalized spacial score (nSPS) is 14.3. The number of nitrogens with one attached hydrogen (secondary N) is 2. The standard InChI is InChI=1S/C42H50N4Si/c1-25(2)47(26(3)4,27(5)6)17-16-31-20-34-23-39-42(10,11)24-35(46-39)21-32-12-14-36(43-32)41(40-29(8)18-28(7)19-30(40)9)37-15-13-33(44-37)22-38(31)45-34/h12-15,18-23,25-27,43,45H,24H2,1-11H3. The Balaban J connectivity index is 1.71. The molecule has 0 saturated carbocycles. The summed E-state index contributed by atoms with van der Waals surface area (Å²) in [5.41, 5.74) is 20.9. The van der Waals surface area contributed by atoms with Crippen LogP contribution in [0.15, 0.2) is 48.5 Å². The number of aromatic nitrogens is 4. The molecule has 0 fully saturated rings. The van der Waals surface area contributed by atoms with Crippen molar-refractivity contribution in [2.24, 2.45) is 0 Å². The van der Waals surface area contributed by atoms with E-state index in [4.69, 9.17) is 9.97 Å². The summed E-state index contributed by atoms with van der Waals surface area (Å²) < 4.78 is 0. The van der Waals surface area contributed by atoms with Crippen molar-refractivity contribution >= 4 is 42.3 Å². The number of aromatic amines is 2. The second-order valence-electron chi connectivity index (χ2n) is 15.4. The van der Waals surface area contributed by atoms with Crippen LogP contribution in [0.3, 0.4) is 0 Å². The lowest BCUT2D eigenvalue weighted by atomic mass is 9.87. The van der Waals surface area contributed by atoms with Gasteiger partial charge in [-0.1, -0.05) is 79.0 Å². The molecule has 5 heterocycles. The number of H-pyrrole nitrogens is 2. The molecule has 5 heteroatoms. The summed E-state index contributed by atoms with van der Waals surface area (Å²) in [7, 11) is -1.93. The molecule has 242 valence electrons. The highest BCUT2D eigenvalue weighted by Crippen LogP contribution is 2.41. The van der Waals surface area contributed by atoms with Gasteiger partial charge in [0.1, 0.15) is 8.07 Å². The second kappa shape index (κ2) is 12.1. The van der Waals surface area contributed by atoms with E-state index in [1.54, 1.807) is 0 Å². The van der Waals surface area contributed by atoms with Crippen LogP contribution >= 0.6 is 0 Å². The summed E-state index contributed by atoms with van der Waals surface area (Å²) in [6.07, 6.45) is 5.16. The molecule has 0 saturated heterocycles. The van der Waals surface area contributed by atoms with Crippen molar-refractivity contribution in [3.8, 4) is 22.6 Å². The van der Waals surface area contributed by atoms with Crippen LogP contribution in [0.2, 0.25) is 16.6 Å². The number of fused-ring (bicyclic) bond motifs is 8. The van der Waals surface area contributed by atoms with Crippen LogP contribution in [-0.4, -0.2) is 28.0 Å². The topological polar surface area (TPSA) is 57.4 Å². The van der Waals surface area contributed by atoms with E-state index in [1.807, 2.05) is 0 Å². The summed E-state index contributed by atoms with van der Waals surface area (Å²) in [5.74, 6) is 3.74. The molecule has 2 aliphatic rings. The molecule has 2 aliphatic heterocycles. The van der Waals surface area contributed by atoms with Crippen molar-refractivity contribution in [3.63, 3.8) is 0 Å². The molecule has 0 atom stereocenters. The van der Waals surface area contributed by atoms with Crippen LogP contribution < -0.4 is 0 Å². The number of benzene rings is 1. The van der Waals surface area contributed by atoms with E-state index in [0.29, 0.717) is 16.6 Å². The van der Waals surface area contributed by atoms with Crippen LogP contribution in [0.25, 0.3) is 45.3 Å². The zero-order valence-electron chi connectivity index (χ0n) is 30.1. The highest BCUT2D eigenvalue weighted by molar-refractivity contribution is 6.90. The van der Waals surface area contributed by atoms with E-state index in [0.717, 1.165) is 62.4 Å². The van der Waals surface area contributed by atoms with Gasteiger partial charge >= 0.3 is 0 Å². The van der Waals surface area contributed by atoms with E-state index in [9.17, 15) is 0 Å². The zero-order valence-corrected chi connectivity index (χ0v) is 31.1. The molecule has 3 aromatic heterocycles. The molecule has 0 unspecified atom stereocenters. The van der Waals surface area contributed by atoms with Gasteiger partial charge < -0.3 is 9.97 Å². The maximum absolute atomic E-state index is 5.25. The minimum atomic E-state index is -1.93. The fraction of sp³-hybridized carbons (Fsp3) is 0.381. The lowest BCUT2D eigenvalue weighted by molar-refractivity contribution is 0.543. The summed E-state index contributed by atoms with van der Waals surface area (Å²) in [4.78, 5) is 17.9. The third-order valence-electron chi connectivity index (χ3n) is 10.5. The minimum absolute atomic E-state index is 0.0831. The van der Waals surface area contributed by atoms with Crippen LogP contribution in [0.5, 0.6) is 0 Å². The lowest BCUT2D eigenvalue weighted by Crippen LogP contribution is -2.43. The van der Waals surface area contributed by atoms with E-state index in [-0.39, 0.29) is 5.41 Å². The van der Waals surface area contributed by atoms with Crippen molar-refractivity contribution in [1.29, 1.82) is 0 Å². The Labute approximate surface area is 282 Å². The number of hydrogen-bond donors (Lipinski definition) is 2. The van der Waals surface area contributed by atoms with E-state index < -0.39 is 8.07 Å². The van der Waals surface area contributed by atoms with Crippen molar-refractivity contribution in [2.45, 2.75) is 105 Å². The number of aryl methyl sites for hydroxylation is 3. The van der Waals surface area contributed by atoms with Crippen LogP contribution in [-0.2, 0) is 11.8 Å². The van der Waals surface area contributed by atoms with Gasteiger partial charge in [0.05, 0.1) is 16.9 Å². The maximum Gasteiger partial charge on any atom is 0.146 e. The first-order valence-corrected chi connectivity index (χ1v) is 19.4. The first-order valence-electron chi connectivity index (χ1n) is 17.2. The Hall–Kier alpha value is -4.14. The Bertz CT molecular complexity index is 2080. The van der Waals surface area contributed by atoms with Gasteiger partial charge in [0, 0.05) is 50.9 Å². The fourth-order valence-corrected chi connectivity index (χ4v) is 13.5. The van der Waals surface area contributed by atoms with Crippen molar-refractivity contribution < 1.29 is 0 Å². The van der Waals surface area contributed by atoms with Gasteiger partial charge in [-0.2, -0.15) is 0 Å². The van der Waals surface area contributed by atoms with Crippen LogP contribution in [0.1, 0.15) is 100 Å². The van der Waals surface area contributed by atoms with Crippen LogP contribution in [0.4, 0.5) is 0 Å². The Morgan fingerprint density at radius 2 is 1.38 bits per heavy atom. The minimum Gasteiger partial charge on any atom is -0.355 e. The van der Waals surface area contributed by atoms with Crippen molar-refractivity contribution in [3.05, 3.63) is 93.6 Å². The molecule has 1 aromatic carbocycles. The monoisotopic (exact) mass is 638 g/mol. The molecular weight excluding hydrogens is 589 g/mol. The average Bonchev–Trinajstić information content (AvgIpc) is 3.74. The Kier molecular flexibility index (Phi) is 8.47. The fourth-order valence-electron chi connectivity index (χ4n) is 8.28. The summed E-state index contributed by atoms with van der Waals surface area (Å²) in [6, 6.07) is 17.7. The quantitative estimate of drug-likeness (QED) is 0.152. The number of rotatable bonds is 4. The SMILES string of the molecule is Cc1cc(C)c(-c2c3nc(cc4[nH]c(cc5nc(cc6ccc2[nH]6)CC5(C)C)cc4C#C[Si](C(C)C)(C(C)C)C(C)C)C=C3)c(C)c1. The predicted molar refractivity (Wildman–Crippen MR) is 204 cm³/mol. The average molecular weight is 639 g/mol. The van der Waals surface area contributed by atoms with E-state index in [2.05, 4.69) is 158 Å². The molecule has 4 nitrogen and oxygen atoms in total. The Morgan fingerprint density at radius 1 is 0.723 bits per heavy atom. The summed E-state index contributed by atoms with van der Waals surface area (Å²) >= 11 is 0. The maximum atomic E-state index is 5.25. The third-order valence-corrected chi connectivity index (χ3v) is 16.7. The van der Waals surface area contributed by atoms with Gasteiger partial charge in [0.2, 0.25) is 0 Å². The molecule has 0 spiro atoms. The summed E-state index contributed by atoms with van der Waals surface area (Å²) in [6.45, 7) is 25.4. The first kappa shape index (κ1) is 32.8. The van der Waals surface area contributed by atoms with E-state index in [1.165, 1.54) is 22.3 Å². The number of hydrogen-bond acceptors (Lipinski definition) is 2. The first-order chi connectivity index (χ1) is 22.2. The van der Waals surface area contributed by atoms with Gasteiger partial charge in [0.15, 0.2) is 0 Å². The molecule has 6 rings (SSSR count). The Morgan fingerprint density at radius 3 is 2.04 bits per heavy atom. The van der Waals surface area contributed by atoms with Gasteiger partial charge in [-0.15, -0.1) is 5.54 Å². The highest BCUT2D eigenvalue weighted by Gasteiger charge is 2.41. The summed E-state index contributed by atoms with van der Waals surface area (Å²) in [5, 5.41) is 0. The zero-order chi connectivity index (χ0) is 33.8. The smallest absolute Gasteiger partial charge is 0.146 e. The molecule has 4 aromatic rings. The molecule has 0 amide bonds. The molecule has 0 aliphatic carbocycles. The van der Waals surface area contributed by atoms with E-state index >= 15 is 0 Å². The largest absolute Gasteiger partial charge is 0.355 e. The third kappa shape index (κ3) is 6.05. The van der Waals surface area contributed by atoms with Crippen LogP contribution in [0, 0.1) is 32.2 Å². The molecule has 8 bridgehead atoms. The predicted octanol–water partition coefficient (Wildman–Crippen LogP) is 11.2. The van der Waals surface area contributed by atoms with Gasteiger partial charge in [0.25, 0.3) is 0 Å². The van der Waals surface area contributed by atoms with Gasteiger partial charge in [-0.3, -0.25) is 4.98 Å². The highest BCUT2D eigenvalue weighted by atomic mass is 28.3. The molecule has 0 radical (unpaired) electrons. The number of nitrogens with zero attached hydrogens (tertiary/aromatic N) is 2. The second-order valence-corrected chi connectivity index (χ2v) is 21.0. The van der Waals surface area contributed by atoms with Gasteiger partial charge in [-0.25, -0.2) is 4.98 Å². The van der Waals surface area contributed by atoms with Crippen molar-refractivity contribution in [2.75, 3.05) is 0 Å². The molecule has 2 N–H and O–H groups in total.